The van der Waals surface area contributed by atoms with Crippen LogP contribution in [0.2, 0.25) is 0 Å². The molecule has 0 unspecified atom stereocenters. The van der Waals surface area contributed by atoms with E-state index in [1.807, 2.05) is 47.2 Å². The largest absolute Gasteiger partial charge is 0.497 e. The average Bonchev–Trinajstić information content (AvgIpc) is 2.97. The van der Waals surface area contributed by atoms with Gasteiger partial charge in [-0.25, -0.2) is 4.79 Å². The molecule has 0 aliphatic carbocycles. The Labute approximate surface area is 129 Å². The summed E-state index contributed by atoms with van der Waals surface area (Å²) in [6.07, 6.45) is 5.48. The fraction of sp³-hybridized carbons (Fsp3) is 0.235. The van der Waals surface area contributed by atoms with Crippen LogP contribution in [0.5, 0.6) is 11.5 Å². The lowest BCUT2D eigenvalue weighted by atomic mass is 10.3. The topological polar surface area (TPSA) is 60.7 Å². The van der Waals surface area contributed by atoms with Crippen LogP contribution in [0.15, 0.2) is 48.7 Å². The maximum Gasteiger partial charge on any atom is 0.328 e. The van der Waals surface area contributed by atoms with Crippen molar-refractivity contribution in [3.05, 3.63) is 54.4 Å². The zero-order chi connectivity index (χ0) is 15.8. The maximum atomic E-state index is 10.5. The molecule has 1 aromatic heterocycles. The summed E-state index contributed by atoms with van der Waals surface area (Å²) < 4.78 is 12.7. The number of carboxylic acid groups (broad SMARTS) is 1. The molecular formula is C17H19NO4. The van der Waals surface area contributed by atoms with Crippen molar-refractivity contribution in [1.29, 1.82) is 0 Å². The quantitative estimate of drug-likeness (QED) is 0.601. The van der Waals surface area contributed by atoms with Gasteiger partial charge in [0.15, 0.2) is 0 Å². The fourth-order valence-electron chi connectivity index (χ4n) is 2.04. The molecule has 0 bridgehead atoms. The molecule has 0 radical (unpaired) electrons. The summed E-state index contributed by atoms with van der Waals surface area (Å²) in [6.45, 7) is 1.36. The third kappa shape index (κ3) is 4.70. The number of aliphatic carboxylic acids is 1. The molecule has 0 aliphatic rings. The molecule has 5 nitrogen and oxygen atoms in total. The van der Waals surface area contributed by atoms with E-state index in [9.17, 15) is 4.79 Å². The minimum absolute atomic E-state index is 0.590. The average molecular weight is 301 g/mol. The predicted octanol–water partition coefficient (Wildman–Crippen LogP) is 3.06. The Kier molecular flexibility index (Phi) is 5.65. The van der Waals surface area contributed by atoms with E-state index in [0.29, 0.717) is 6.61 Å². The Morgan fingerprint density at radius 3 is 2.64 bits per heavy atom. The number of hydrogen-bond donors (Lipinski definition) is 1. The summed E-state index contributed by atoms with van der Waals surface area (Å²) in [4.78, 5) is 10.5. The monoisotopic (exact) mass is 301 g/mol. The number of aryl methyl sites for hydroxylation is 1. The summed E-state index contributed by atoms with van der Waals surface area (Å²) in [5, 5.41) is 8.66. The SMILES string of the molecule is COc1ccc(OCCCn2cccc2/C=C/C(=O)O)cc1. The Balaban J connectivity index is 1.79. The Morgan fingerprint density at radius 2 is 1.95 bits per heavy atom. The molecule has 0 saturated carbocycles. The number of aromatic nitrogens is 1. The van der Waals surface area contributed by atoms with E-state index in [4.69, 9.17) is 14.6 Å². The van der Waals surface area contributed by atoms with Gasteiger partial charge in [-0.15, -0.1) is 0 Å². The van der Waals surface area contributed by atoms with E-state index in [1.54, 1.807) is 13.2 Å². The molecule has 0 amide bonds. The predicted molar refractivity (Wildman–Crippen MR) is 84.2 cm³/mol. The smallest absolute Gasteiger partial charge is 0.328 e. The number of ether oxygens (including phenoxy) is 2. The normalized spacial score (nSPS) is 10.8. The van der Waals surface area contributed by atoms with Gasteiger partial charge in [-0.05, 0) is 48.9 Å². The highest BCUT2D eigenvalue weighted by Gasteiger charge is 1.99. The van der Waals surface area contributed by atoms with Gasteiger partial charge in [0.1, 0.15) is 11.5 Å². The molecule has 0 spiro atoms. The lowest BCUT2D eigenvalue weighted by molar-refractivity contribution is -0.131. The van der Waals surface area contributed by atoms with Gasteiger partial charge < -0.3 is 19.1 Å². The van der Waals surface area contributed by atoms with Gasteiger partial charge in [-0.2, -0.15) is 0 Å². The molecule has 5 heteroatoms. The molecule has 0 fully saturated rings. The molecule has 2 rings (SSSR count). The first-order chi connectivity index (χ1) is 10.7. The van der Waals surface area contributed by atoms with Gasteiger partial charge in [0.05, 0.1) is 13.7 Å². The van der Waals surface area contributed by atoms with E-state index in [0.717, 1.165) is 36.2 Å². The lowest BCUT2D eigenvalue weighted by Gasteiger charge is -2.09. The van der Waals surface area contributed by atoms with Gasteiger partial charge in [0.2, 0.25) is 0 Å². The van der Waals surface area contributed by atoms with E-state index >= 15 is 0 Å². The second kappa shape index (κ2) is 7.93. The van der Waals surface area contributed by atoms with Crippen LogP contribution in [0, 0.1) is 0 Å². The molecule has 1 heterocycles. The summed E-state index contributed by atoms with van der Waals surface area (Å²) in [7, 11) is 1.63. The first-order valence-corrected chi connectivity index (χ1v) is 7.02. The van der Waals surface area contributed by atoms with Crippen LogP contribution in [0.25, 0.3) is 6.08 Å². The number of carboxylic acids is 1. The Morgan fingerprint density at radius 1 is 1.23 bits per heavy atom. The zero-order valence-electron chi connectivity index (χ0n) is 12.4. The number of benzene rings is 1. The number of carbonyl (C=O) groups is 1. The third-order valence-corrected chi connectivity index (χ3v) is 3.13. The molecule has 0 aliphatic heterocycles. The minimum atomic E-state index is -0.949. The van der Waals surface area contributed by atoms with Crippen molar-refractivity contribution < 1.29 is 19.4 Å². The summed E-state index contributed by atoms with van der Waals surface area (Å²) in [5.41, 5.74) is 0.867. The molecule has 22 heavy (non-hydrogen) atoms. The molecule has 1 N–H and O–H groups in total. The van der Waals surface area contributed by atoms with E-state index in [1.165, 1.54) is 0 Å². The maximum absolute atomic E-state index is 10.5. The highest BCUT2D eigenvalue weighted by Crippen LogP contribution is 2.17. The molecule has 0 saturated heterocycles. The van der Waals surface area contributed by atoms with E-state index in [-0.39, 0.29) is 0 Å². The van der Waals surface area contributed by atoms with Crippen LogP contribution in [-0.2, 0) is 11.3 Å². The van der Waals surface area contributed by atoms with Crippen molar-refractivity contribution in [2.45, 2.75) is 13.0 Å². The Hall–Kier alpha value is -2.69. The van der Waals surface area contributed by atoms with Crippen LogP contribution < -0.4 is 9.47 Å². The van der Waals surface area contributed by atoms with Gasteiger partial charge in [0, 0.05) is 24.5 Å². The highest BCUT2D eigenvalue weighted by atomic mass is 16.5. The highest BCUT2D eigenvalue weighted by molar-refractivity contribution is 5.84. The molecular weight excluding hydrogens is 282 g/mol. The van der Waals surface area contributed by atoms with Crippen LogP contribution >= 0.6 is 0 Å². The van der Waals surface area contributed by atoms with E-state index < -0.39 is 5.97 Å². The van der Waals surface area contributed by atoms with Crippen LogP contribution in [0.4, 0.5) is 0 Å². The van der Waals surface area contributed by atoms with Crippen molar-refractivity contribution in [2.75, 3.05) is 13.7 Å². The number of hydrogen-bond acceptors (Lipinski definition) is 3. The number of methoxy groups -OCH3 is 1. The molecule has 0 atom stereocenters. The minimum Gasteiger partial charge on any atom is -0.497 e. The third-order valence-electron chi connectivity index (χ3n) is 3.13. The van der Waals surface area contributed by atoms with E-state index in [2.05, 4.69) is 0 Å². The van der Waals surface area contributed by atoms with Crippen LogP contribution in [0.3, 0.4) is 0 Å². The Bertz CT molecular complexity index is 628. The second-order valence-electron chi connectivity index (χ2n) is 4.68. The fourth-order valence-corrected chi connectivity index (χ4v) is 2.04. The first kappa shape index (κ1) is 15.7. The van der Waals surface area contributed by atoms with Crippen LogP contribution in [0.1, 0.15) is 12.1 Å². The van der Waals surface area contributed by atoms with Crippen molar-refractivity contribution >= 4 is 12.0 Å². The molecule has 1 aromatic carbocycles. The van der Waals surface area contributed by atoms with Crippen molar-refractivity contribution in [3.8, 4) is 11.5 Å². The lowest BCUT2D eigenvalue weighted by Crippen LogP contribution is -2.05. The standard InChI is InChI=1S/C17H19NO4/c1-21-15-6-8-16(9-7-15)22-13-3-12-18-11-2-4-14(18)5-10-17(19)20/h2,4-11H,3,12-13H2,1H3,(H,19,20)/b10-5+. The number of rotatable bonds is 8. The van der Waals surface area contributed by atoms with Crippen molar-refractivity contribution in [1.82, 2.24) is 4.57 Å². The van der Waals surface area contributed by atoms with Crippen LogP contribution in [-0.4, -0.2) is 29.4 Å². The first-order valence-electron chi connectivity index (χ1n) is 7.02. The second-order valence-corrected chi connectivity index (χ2v) is 4.68. The molecule has 2 aromatic rings. The van der Waals surface area contributed by atoms with Gasteiger partial charge >= 0.3 is 5.97 Å². The van der Waals surface area contributed by atoms with Gasteiger partial charge in [0.25, 0.3) is 0 Å². The zero-order valence-corrected chi connectivity index (χ0v) is 12.4. The van der Waals surface area contributed by atoms with Crippen molar-refractivity contribution in [3.63, 3.8) is 0 Å². The summed E-state index contributed by atoms with van der Waals surface area (Å²) in [6, 6.07) is 11.2. The number of nitrogens with zero attached hydrogens (tertiary/aromatic N) is 1. The van der Waals surface area contributed by atoms with Gasteiger partial charge in [-0.1, -0.05) is 0 Å². The van der Waals surface area contributed by atoms with Crippen molar-refractivity contribution in [2.24, 2.45) is 0 Å². The summed E-state index contributed by atoms with van der Waals surface area (Å²) >= 11 is 0. The molecule has 116 valence electrons. The van der Waals surface area contributed by atoms with Gasteiger partial charge in [-0.3, -0.25) is 0 Å². The summed E-state index contributed by atoms with van der Waals surface area (Å²) in [5.74, 6) is 0.657.